The highest BCUT2D eigenvalue weighted by atomic mass is 19.4. The van der Waals surface area contributed by atoms with Gasteiger partial charge in [0.15, 0.2) is 5.96 Å². The number of para-hydroxylation sites is 1. The first-order valence-electron chi connectivity index (χ1n) is 9.17. The second-order valence-corrected chi connectivity index (χ2v) is 7.08. The van der Waals surface area contributed by atoms with Gasteiger partial charge < -0.3 is 20.1 Å². The average molecular weight is 387 g/mol. The Kier molecular flexibility index (Phi) is 7.35. The highest BCUT2D eigenvalue weighted by molar-refractivity contribution is 5.80. The molecular weight excluding hydrogens is 359 g/mol. The molecule has 0 saturated heterocycles. The third kappa shape index (κ3) is 7.28. The zero-order chi connectivity index (χ0) is 19.9. The maximum absolute atomic E-state index is 12.1. The van der Waals surface area contributed by atoms with E-state index in [1.54, 1.807) is 0 Å². The van der Waals surface area contributed by atoms with E-state index in [1.165, 1.54) is 0 Å². The van der Waals surface area contributed by atoms with Gasteiger partial charge >= 0.3 is 6.18 Å². The number of alkyl halides is 3. The van der Waals surface area contributed by atoms with E-state index in [2.05, 4.69) is 20.4 Å². The van der Waals surface area contributed by atoms with E-state index in [4.69, 9.17) is 4.74 Å². The molecule has 2 rings (SSSR count). The summed E-state index contributed by atoms with van der Waals surface area (Å²) in [6, 6.07) is 7.92. The number of aliphatic imine (C=N–C) groups is 1. The van der Waals surface area contributed by atoms with Gasteiger partial charge in [0.2, 0.25) is 0 Å². The minimum atomic E-state index is -4.29. The van der Waals surface area contributed by atoms with E-state index in [1.807, 2.05) is 45.0 Å². The molecule has 0 aliphatic carbocycles. The van der Waals surface area contributed by atoms with Crippen molar-refractivity contribution in [2.24, 2.45) is 4.99 Å². The lowest BCUT2D eigenvalue weighted by molar-refractivity contribution is -0.173. The Labute approximate surface area is 158 Å². The quantitative estimate of drug-likeness (QED) is 0.424. The van der Waals surface area contributed by atoms with Crippen LogP contribution in [0.25, 0.3) is 0 Å². The van der Waals surface area contributed by atoms with Crippen LogP contribution in [0.3, 0.4) is 0 Å². The molecule has 1 atom stereocenters. The van der Waals surface area contributed by atoms with Crippen molar-refractivity contribution >= 4 is 5.96 Å². The minimum absolute atomic E-state index is 0.0234. The average Bonchev–Trinajstić information content (AvgIpc) is 2.56. The van der Waals surface area contributed by atoms with Gasteiger partial charge in [-0.1, -0.05) is 18.2 Å². The highest BCUT2D eigenvalue weighted by Crippen LogP contribution is 2.39. The number of nitrogens with zero attached hydrogens (tertiary/aromatic N) is 1. The normalized spacial score (nSPS) is 19.2. The summed E-state index contributed by atoms with van der Waals surface area (Å²) >= 11 is 0. The summed E-state index contributed by atoms with van der Waals surface area (Å²) in [5.41, 5.74) is 0.755. The van der Waals surface area contributed by atoms with Crippen LogP contribution in [0.5, 0.6) is 5.75 Å². The standard InChI is InChI=1S/C19H28F3N3O2/c1-4-23-17(24-10-7-11-26-13-19(20,21)22)25-15-12-18(2,3)27-16-9-6-5-8-14(15)16/h5-6,8-9,15H,4,7,10-13H2,1-3H3,(H2,23,24,25). The van der Waals surface area contributed by atoms with E-state index in [0.717, 1.165) is 17.7 Å². The molecule has 1 aliphatic heterocycles. The Balaban J connectivity index is 1.95. The van der Waals surface area contributed by atoms with Gasteiger partial charge in [-0.25, -0.2) is 0 Å². The predicted octanol–water partition coefficient (Wildman–Crippen LogP) is 3.81. The number of hydrogen-bond donors (Lipinski definition) is 2. The molecule has 0 spiro atoms. The third-order valence-corrected chi connectivity index (χ3v) is 4.01. The van der Waals surface area contributed by atoms with Gasteiger partial charge in [-0.3, -0.25) is 4.99 Å². The van der Waals surface area contributed by atoms with Crippen LogP contribution in [-0.4, -0.2) is 44.0 Å². The van der Waals surface area contributed by atoms with Crippen LogP contribution in [0.2, 0.25) is 0 Å². The Morgan fingerprint density at radius 2 is 2.07 bits per heavy atom. The van der Waals surface area contributed by atoms with Gasteiger partial charge in [0.25, 0.3) is 0 Å². The zero-order valence-corrected chi connectivity index (χ0v) is 16.0. The van der Waals surface area contributed by atoms with Crippen molar-refractivity contribution in [2.75, 3.05) is 26.3 Å². The number of hydrogen-bond acceptors (Lipinski definition) is 3. The first-order valence-corrected chi connectivity index (χ1v) is 9.17. The molecule has 1 aliphatic rings. The first-order chi connectivity index (χ1) is 12.7. The molecule has 1 aromatic rings. The van der Waals surface area contributed by atoms with Crippen molar-refractivity contribution in [2.45, 2.75) is 51.4 Å². The number of benzene rings is 1. The molecule has 0 saturated carbocycles. The lowest BCUT2D eigenvalue weighted by Crippen LogP contribution is -2.45. The molecule has 1 aromatic carbocycles. The van der Waals surface area contributed by atoms with E-state index < -0.39 is 12.8 Å². The fourth-order valence-corrected chi connectivity index (χ4v) is 2.96. The Morgan fingerprint density at radius 3 is 2.78 bits per heavy atom. The number of rotatable bonds is 7. The van der Waals surface area contributed by atoms with Crippen LogP contribution in [0.1, 0.15) is 45.2 Å². The molecule has 8 heteroatoms. The van der Waals surface area contributed by atoms with Crippen molar-refractivity contribution in [3.63, 3.8) is 0 Å². The number of guanidine groups is 1. The van der Waals surface area contributed by atoms with Gasteiger partial charge in [0, 0.05) is 31.7 Å². The molecular formula is C19H28F3N3O2. The summed E-state index contributed by atoms with van der Waals surface area (Å²) in [4.78, 5) is 4.45. The topological polar surface area (TPSA) is 54.9 Å². The molecule has 27 heavy (non-hydrogen) atoms. The third-order valence-electron chi connectivity index (χ3n) is 4.01. The summed E-state index contributed by atoms with van der Waals surface area (Å²) in [5, 5.41) is 6.60. The second kappa shape index (κ2) is 9.30. The lowest BCUT2D eigenvalue weighted by atomic mass is 9.90. The summed E-state index contributed by atoms with van der Waals surface area (Å²) in [6.07, 6.45) is -3.10. The molecule has 0 bridgehead atoms. The summed E-state index contributed by atoms with van der Waals surface area (Å²) in [5.74, 6) is 1.48. The Morgan fingerprint density at radius 1 is 1.33 bits per heavy atom. The van der Waals surface area contributed by atoms with Gasteiger partial charge in [0.05, 0.1) is 6.04 Å². The fourth-order valence-electron chi connectivity index (χ4n) is 2.96. The predicted molar refractivity (Wildman–Crippen MR) is 99.1 cm³/mol. The van der Waals surface area contributed by atoms with Crippen molar-refractivity contribution in [3.8, 4) is 5.75 Å². The second-order valence-electron chi connectivity index (χ2n) is 7.08. The Bertz CT molecular complexity index is 633. The maximum atomic E-state index is 12.1. The maximum Gasteiger partial charge on any atom is 0.411 e. The van der Waals surface area contributed by atoms with Gasteiger partial charge in [0.1, 0.15) is 18.0 Å². The number of fused-ring (bicyclic) bond motifs is 1. The fraction of sp³-hybridized carbons (Fsp3) is 0.632. The highest BCUT2D eigenvalue weighted by Gasteiger charge is 2.34. The smallest absolute Gasteiger partial charge is 0.411 e. The summed E-state index contributed by atoms with van der Waals surface area (Å²) in [6.45, 7) is 5.91. The molecule has 0 fully saturated rings. The largest absolute Gasteiger partial charge is 0.487 e. The molecule has 2 N–H and O–H groups in total. The molecule has 0 radical (unpaired) electrons. The summed E-state index contributed by atoms with van der Waals surface area (Å²) in [7, 11) is 0. The summed E-state index contributed by atoms with van der Waals surface area (Å²) < 4.78 is 46.8. The molecule has 0 aromatic heterocycles. The van der Waals surface area contributed by atoms with Crippen molar-refractivity contribution in [1.29, 1.82) is 0 Å². The molecule has 0 amide bonds. The van der Waals surface area contributed by atoms with E-state index in [0.29, 0.717) is 25.5 Å². The van der Waals surface area contributed by atoms with Crippen molar-refractivity contribution < 1.29 is 22.6 Å². The van der Waals surface area contributed by atoms with Crippen LogP contribution in [-0.2, 0) is 4.74 Å². The molecule has 152 valence electrons. The number of halogens is 3. The van der Waals surface area contributed by atoms with Gasteiger partial charge in [-0.05, 0) is 33.3 Å². The van der Waals surface area contributed by atoms with Crippen LogP contribution in [0.4, 0.5) is 13.2 Å². The van der Waals surface area contributed by atoms with Crippen LogP contribution in [0.15, 0.2) is 29.3 Å². The number of ether oxygens (including phenoxy) is 2. The van der Waals surface area contributed by atoms with Crippen LogP contribution >= 0.6 is 0 Å². The van der Waals surface area contributed by atoms with E-state index in [-0.39, 0.29) is 18.2 Å². The van der Waals surface area contributed by atoms with E-state index >= 15 is 0 Å². The van der Waals surface area contributed by atoms with Crippen LogP contribution < -0.4 is 15.4 Å². The van der Waals surface area contributed by atoms with Crippen LogP contribution in [0, 0.1) is 0 Å². The van der Waals surface area contributed by atoms with Gasteiger partial charge in [-0.2, -0.15) is 13.2 Å². The first kappa shape index (κ1) is 21.3. The number of nitrogens with one attached hydrogen (secondary N) is 2. The monoisotopic (exact) mass is 387 g/mol. The SMILES string of the molecule is CCNC(=NCCCOCC(F)(F)F)NC1CC(C)(C)Oc2ccccc21. The molecule has 5 nitrogen and oxygen atoms in total. The van der Waals surface area contributed by atoms with Gasteiger partial charge in [-0.15, -0.1) is 0 Å². The van der Waals surface area contributed by atoms with Crippen molar-refractivity contribution in [3.05, 3.63) is 29.8 Å². The minimum Gasteiger partial charge on any atom is -0.487 e. The zero-order valence-electron chi connectivity index (χ0n) is 16.0. The molecule has 1 heterocycles. The Hall–Kier alpha value is -1.96. The van der Waals surface area contributed by atoms with Crippen molar-refractivity contribution in [1.82, 2.24) is 10.6 Å². The van der Waals surface area contributed by atoms with E-state index in [9.17, 15) is 13.2 Å². The molecule has 1 unspecified atom stereocenters. The lowest BCUT2D eigenvalue weighted by Gasteiger charge is -2.38.